The summed E-state index contributed by atoms with van der Waals surface area (Å²) < 4.78 is 19.2. The molecule has 0 saturated carbocycles. The second kappa shape index (κ2) is 7.64. The minimum absolute atomic E-state index is 0.232. The van der Waals surface area contributed by atoms with Crippen molar-refractivity contribution in [2.75, 3.05) is 13.2 Å². The smallest absolute Gasteiger partial charge is 0.291 e. The van der Waals surface area contributed by atoms with Gasteiger partial charge in [0, 0.05) is 5.56 Å². The zero-order valence-corrected chi connectivity index (χ0v) is 16.7. The van der Waals surface area contributed by atoms with E-state index in [0.29, 0.717) is 39.2 Å². The molecular formula is C22H17N3O4S. The lowest BCUT2D eigenvalue weighted by Gasteiger charge is -2.24. The number of fused-ring (bicyclic) bond motifs is 2. The lowest BCUT2D eigenvalue weighted by molar-refractivity contribution is 0.0852. The van der Waals surface area contributed by atoms with E-state index in [1.807, 2.05) is 48.5 Å². The van der Waals surface area contributed by atoms with E-state index in [2.05, 4.69) is 16.7 Å². The van der Waals surface area contributed by atoms with Crippen LogP contribution >= 0.6 is 11.3 Å². The minimum atomic E-state index is -0.466. The van der Waals surface area contributed by atoms with Crippen molar-refractivity contribution in [2.24, 2.45) is 0 Å². The van der Waals surface area contributed by atoms with Crippen molar-refractivity contribution in [3.8, 4) is 17.2 Å². The molecule has 0 saturated heterocycles. The van der Waals surface area contributed by atoms with Crippen molar-refractivity contribution >= 4 is 22.4 Å². The van der Waals surface area contributed by atoms with Gasteiger partial charge < -0.3 is 14.2 Å². The molecule has 4 aromatic rings. The van der Waals surface area contributed by atoms with E-state index in [4.69, 9.17) is 14.2 Å². The van der Waals surface area contributed by atoms with Crippen LogP contribution in [0.2, 0.25) is 0 Å². The largest absolute Gasteiger partial charge is 0.489 e. The molecular weight excluding hydrogens is 402 g/mol. The number of para-hydroxylation sites is 3. The molecule has 0 aliphatic carbocycles. The third-order valence-electron chi connectivity index (χ3n) is 4.56. The van der Waals surface area contributed by atoms with Gasteiger partial charge in [-0.3, -0.25) is 4.79 Å². The quantitative estimate of drug-likeness (QED) is 0.463. The van der Waals surface area contributed by atoms with Crippen molar-refractivity contribution in [2.45, 2.75) is 6.10 Å². The maximum absolute atomic E-state index is 12.9. The summed E-state index contributed by atoms with van der Waals surface area (Å²) in [7, 11) is 0. The zero-order valence-electron chi connectivity index (χ0n) is 15.9. The molecule has 1 aliphatic heterocycles. The number of aromatic nitrogens is 3. The highest BCUT2D eigenvalue weighted by Gasteiger charge is 2.27. The molecule has 150 valence electrons. The van der Waals surface area contributed by atoms with Crippen LogP contribution in [0, 0.1) is 0 Å². The zero-order chi connectivity index (χ0) is 20.5. The summed E-state index contributed by atoms with van der Waals surface area (Å²) in [5.41, 5.74) is 0.575. The highest BCUT2D eigenvalue weighted by Crippen LogP contribution is 2.35. The van der Waals surface area contributed by atoms with Gasteiger partial charge in [0.1, 0.15) is 19.0 Å². The molecule has 1 aliphatic rings. The molecule has 30 heavy (non-hydrogen) atoms. The van der Waals surface area contributed by atoms with Crippen molar-refractivity contribution in [3.63, 3.8) is 0 Å². The lowest BCUT2D eigenvalue weighted by atomic mass is 10.2. The van der Waals surface area contributed by atoms with E-state index in [0.717, 1.165) is 5.56 Å². The Hall–Kier alpha value is -3.65. The Morgan fingerprint density at radius 3 is 2.83 bits per heavy atom. The van der Waals surface area contributed by atoms with Gasteiger partial charge in [0.25, 0.3) is 5.56 Å². The maximum Gasteiger partial charge on any atom is 0.291 e. The van der Waals surface area contributed by atoms with E-state index in [9.17, 15) is 4.79 Å². The normalized spacial score (nSPS) is 16.0. The first kappa shape index (κ1) is 18.4. The highest BCUT2D eigenvalue weighted by molar-refractivity contribution is 7.15. The Bertz CT molecular complexity index is 1340. The Balaban J connectivity index is 1.48. The molecule has 5 rings (SSSR count). The van der Waals surface area contributed by atoms with Crippen molar-refractivity contribution in [1.82, 2.24) is 14.6 Å². The molecule has 0 N–H and O–H groups in total. The van der Waals surface area contributed by atoms with Gasteiger partial charge >= 0.3 is 0 Å². The number of ether oxygens (including phenoxy) is 3. The molecule has 0 spiro atoms. The molecule has 0 radical (unpaired) electrons. The van der Waals surface area contributed by atoms with Crippen LogP contribution in [0.5, 0.6) is 17.2 Å². The fourth-order valence-electron chi connectivity index (χ4n) is 3.15. The van der Waals surface area contributed by atoms with Gasteiger partial charge in [-0.1, -0.05) is 54.3 Å². The number of hydrogen-bond acceptors (Lipinski definition) is 7. The van der Waals surface area contributed by atoms with E-state index < -0.39 is 6.10 Å². The minimum Gasteiger partial charge on any atom is -0.489 e. The van der Waals surface area contributed by atoms with Gasteiger partial charge in [-0.25, -0.2) is 0 Å². The van der Waals surface area contributed by atoms with E-state index in [1.54, 1.807) is 12.2 Å². The number of benzene rings is 2. The molecule has 0 bridgehead atoms. The van der Waals surface area contributed by atoms with E-state index in [1.165, 1.54) is 15.9 Å². The number of rotatable bonds is 5. The van der Waals surface area contributed by atoms with Crippen molar-refractivity contribution in [1.29, 1.82) is 0 Å². The average molecular weight is 419 g/mol. The Morgan fingerprint density at radius 2 is 2.00 bits per heavy atom. The highest BCUT2D eigenvalue weighted by atomic mass is 32.1. The molecule has 0 amide bonds. The van der Waals surface area contributed by atoms with Gasteiger partial charge in [0.15, 0.2) is 23.4 Å². The Kier molecular flexibility index (Phi) is 4.68. The summed E-state index contributed by atoms with van der Waals surface area (Å²) in [4.78, 5) is 17.9. The van der Waals surface area contributed by atoms with Crippen molar-refractivity contribution < 1.29 is 14.2 Å². The predicted molar refractivity (Wildman–Crippen MR) is 113 cm³/mol. The maximum atomic E-state index is 12.9. The Labute approximate surface area is 175 Å². The molecule has 1 atom stereocenters. The van der Waals surface area contributed by atoms with Crippen LogP contribution in [0.4, 0.5) is 0 Å². The second-order valence-corrected chi connectivity index (χ2v) is 7.59. The average Bonchev–Trinajstić information content (AvgIpc) is 3.32. The second-order valence-electron chi connectivity index (χ2n) is 6.58. The summed E-state index contributed by atoms with van der Waals surface area (Å²) in [5.74, 6) is 2.44. The molecule has 7 nitrogen and oxygen atoms in total. The predicted octanol–water partition coefficient (Wildman–Crippen LogP) is 2.78. The molecule has 2 aromatic heterocycles. The van der Waals surface area contributed by atoms with Crippen LogP contribution in [-0.2, 0) is 0 Å². The molecule has 2 aromatic carbocycles. The van der Waals surface area contributed by atoms with Crippen LogP contribution in [0.15, 0.2) is 66.0 Å². The van der Waals surface area contributed by atoms with Gasteiger partial charge in [-0.2, -0.15) is 9.50 Å². The van der Waals surface area contributed by atoms with Crippen LogP contribution in [0.3, 0.4) is 0 Å². The fraction of sp³-hybridized carbons (Fsp3) is 0.136. The summed E-state index contributed by atoms with van der Waals surface area (Å²) >= 11 is 1.27. The first-order valence-electron chi connectivity index (χ1n) is 9.35. The van der Waals surface area contributed by atoms with Gasteiger partial charge in [0.05, 0.1) is 4.53 Å². The number of thiazole rings is 1. The lowest BCUT2D eigenvalue weighted by Crippen LogP contribution is -2.26. The van der Waals surface area contributed by atoms with E-state index in [-0.39, 0.29) is 12.2 Å². The third-order valence-corrected chi connectivity index (χ3v) is 5.52. The Morgan fingerprint density at radius 1 is 1.20 bits per heavy atom. The number of nitrogens with zero attached hydrogens (tertiary/aromatic N) is 3. The topological polar surface area (TPSA) is 74.9 Å². The molecule has 3 heterocycles. The van der Waals surface area contributed by atoms with Gasteiger partial charge in [-0.05, 0) is 24.3 Å². The fourth-order valence-corrected chi connectivity index (χ4v) is 4.06. The molecule has 0 fully saturated rings. The first-order chi connectivity index (χ1) is 14.7. The van der Waals surface area contributed by atoms with Crippen LogP contribution in [0.1, 0.15) is 17.5 Å². The molecule has 1 unspecified atom stereocenters. The molecule has 8 heteroatoms. The summed E-state index contributed by atoms with van der Waals surface area (Å²) in [6.45, 7) is 4.34. The summed E-state index contributed by atoms with van der Waals surface area (Å²) in [5, 5.41) is 4.38. The third kappa shape index (κ3) is 3.31. The van der Waals surface area contributed by atoms with Gasteiger partial charge in [0.2, 0.25) is 4.96 Å². The summed E-state index contributed by atoms with van der Waals surface area (Å²) in [6.07, 6.45) is 3.00. The first-order valence-corrected chi connectivity index (χ1v) is 10.2. The number of hydrogen-bond donors (Lipinski definition) is 0. The van der Waals surface area contributed by atoms with Gasteiger partial charge in [-0.15, -0.1) is 5.10 Å². The van der Waals surface area contributed by atoms with Crippen molar-refractivity contribution in [3.05, 3.63) is 87.5 Å². The monoisotopic (exact) mass is 419 g/mol. The van der Waals surface area contributed by atoms with Crippen LogP contribution in [0.25, 0.3) is 11.0 Å². The van der Waals surface area contributed by atoms with Crippen LogP contribution in [-0.4, -0.2) is 27.8 Å². The summed E-state index contributed by atoms with van der Waals surface area (Å²) in [6, 6.07) is 15.0. The van der Waals surface area contributed by atoms with Crippen LogP contribution < -0.4 is 24.3 Å². The van der Waals surface area contributed by atoms with E-state index >= 15 is 0 Å². The standard InChI is InChI=1S/C22H17N3O4S/c1-2-11-27-15-8-4-3-7-14(15)12-19-21(26)25-22(30-19)23-20(24-25)18-13-28-16-9-5-6-10-17(16)29-18/h2-10,12,18H,1,11,13H2/b19-12-. The SMILES string of the molecule is C=CCOc1ccccc1/C=c1\sc2nc(C3COc4ccccc4O3)nn2c1=O.